The van der Waals surface area contributed by atoms with Gasteiger partial charge in [0.15, 0.2) is 11.5 Å². The van der Waals surface area contributed by atoms with Crippen molar-refractivity contribution in [3.8, 4) is 11.5 Å². The third kappa shape index (κ3) is 7.76. The maximum Gasteiger partial charge on any atom is 0.161 e. The predicted octanol–water partition coefficient (Wildman–Crippen LogP) is 5.43. The van der Waals surface area contributed by atoms with Gasteiger partial charge in [-0.15, -0.1) is 0 Å². The number of aryl methyl sites for hydroxylation is 2. The van der Waals surface area contributed by atoms with Gasteiger partial charge in [-0.05, 0) is 76.8 Å². The van der Waals surface area contributed by atoms with Crippen LogP contribution in [0, 0.1) is 13.8 Å². The highest BCUT2D eigenvalue weighted by Gasteiger charge is 2.36. The van der Waals surface area contributed by atoms with Gasteiger partial charge in [-0.3, -0.25) is 4.99 Å². The van der Waals surface area contributed by atoms with Gasteiger partial charge < -0.3 is 24.7 Å². The van der Waals surface area contributed by atoms with Gasteiger partial charge >= 0.3 is 0 Å². The van der Waals surface area contributed by atoms with E-state index >= 15 is 0 Å². The lowest BCUT2D eigenvalue weighted by molar-refractivity contribution is -0.147. The molecule has 0 amide bonds. The number of hydrogen-bond acceptors (Lipinski definition) is 5. The molecular formula is C27H42N2O4. The maximum absolute atomic E-state index is 5.58. The lowest BCUT2D eigenvalue weighted by Gasteiger charge is -2.38. The third-order valence-corrected chi connectivity index (χ3v) is 6.38. The van der Waals surface area contributed by atoms with Gasteiger partial charge in [0.25, 0.3) is 0 Å². The van der Waals surface area contributed by atoms with E-state index in [0.29, 0.717) is 5.75 Å². The molecule has 2 rings (SSSR count). The van der Waals surface area contributed by atoms with Gasteiger partial charge in [0.1, 0.15) is 0 Å². The summed E-state index contributed by atoms with van der Waals surface area (Å²) in [6, 6.07) is 12.4. The molecule has 33 heavy (non-hydrogen) atoms. The molecular weight excluding hydrogens is 416 g/mol. The Balaban J connectivity index is 0.000000461. The van der Waals surface area contributed by atoms with Crippen LogP contribution in [0.4, 0.5) is 0 Å². The summed E-state index contributed by atoms with van der Waals surface area (Å²) in [6.07, 6.45) is 2.16. The molecule has 2 aromatic carbocycles. The standard InChI is InChI=1S/C19H24N2O2.C8H18O2/c1-13-6-5-7-15(8-13)10-17(21-12-20)16-11-19(23-4)18(22-3)9-14(16)2;1-7(2,9-5)8(3,4)10-6/h5-9,11-12,17H,10H2,1-4H3,(H2,20,21);1-6H3. The molecule has 6 nitrogen and oxygen atoms in total. The molecule has 0 aromatic heterocycles. The molecule has 0 radical (unpaired) electrons. The summed E-state index contributed by atoms with van der Waals surface area (Å²) < 4.78 is 21.3. The number of aliphatic imine (C=N–C) groups is 1. The Kier molecular flexibility index (Phi) is 10.9. The van der Waals surface area contributed by atoms with Crippen LogP contribution in [0.25, 0.3) is 0 Å². The molecule has 0 saturated carbocycles. The van der Waals surface area contributed by atoms with Gasteiger partial charge in [0.05, 0.1) is 37.8 Å². The Morgan fingerprint density at radius 1 is 0.879 bits per heavy atom. The van der Waals surface area contributed by atoms with Gasteiger partial charge in [0.2, 0.25) is 0 Å². The van der Waals surface area contributed by atoms with Crippen LogP contribution in [0.3, 0.4) is 0 Å². The highest BCUT2D eigenvalue weighted by Crippen LogP contribution is 2.35. The summed E-state index contributed by atoms with van der Waals surface area (Å²) in [5, 5.41) is 0. The van der Waals surface area contributed by atoms with Crippen molar-refractivity contribution >= 4 is 6.34 Å². The molecule has 0 aliphatic rings. The topological polar surface area (TPSA) is 75.3 Å². The molecule has 2 N–H and O–H groups in total. The van der Waals surface area contributed by atoms with Gasteiger partial charge in [0, 0.05) is 14.2 Å². The van der Waals surface area contributed by atoms with Crippen LogP contribution in [0.5, 0.6) is 11.5 Å². The summed E-state index contributed by atoms with van der Waals surface area (Å²) in [7, 11) is 6.67. The van der Waals surface area contributed by atoms with Crippen LogP contribution in [-0.4, -0.2) is 46.0 Å². The van der Waals surface area contributed by atoms with Gasteiger partial charge in [-0.1, -0.05) is 29.8 Å². The zero-order valence-corrected chi connectivity index (χ0v) is 22.0. The summed E-state index contributed by atoms with van der Waals surface area (Å²) >= 11 is 0. The van der Waals surface area contributed by atoms with Crippen molar-refractivity contribution in [2.75, 3.05) is 28.4 Å². The van der Waals surface area contributed by atoms with E-state index in [2.05, 4.69) is 36.2 Å². The SMILES string of the molecule is COC(C)(C)C(C)(C)OC.COc1cc(C)c(C(Cc2cccc(C)c2)N=CN)cc1OC. The minimum absolute atomic E-state index is 0.0541. The minimum atomic E-state index is -0.234. The van der Waals surface area contributed by atoms with Crippen molar-refractivity contribution in [3.63, 3.8) is 0 Å². The van der Waals surface area contributed by atoms with Crippen LogP contribution in [0.15, 0.2) is 41.4 Å². The van der Waals surface area contributed by atoms with Crippen LogP contribution < -0.4 is 15.2 Å². The molecule has 1 unspecified atom stereocenters. The third-order valence-electron chi connectivity index (χ3n) is 6.38. The monoisotopic (exact) mass is 458 g/mol. The number of rotatable bonds is 9. The molecule has 2 aromatic rings. The van der Waals surface area contributed by atoms with E-state index in [9.17, 15) is 0 Å². The second kappa shape index (κ2) is 12.6. The number of methoxy groups -OCH3 is 4. The smallest absolute Gasteiger partial charge is 0.161 e. The van der Waals surface area contributed by atoms with Crippen molar-refractivity contribution in [1.29, 1.82) is 0 Å². The quantitative estimate of drug-likeness (QED) is 0.401. The van der Waals surface area contributed by atoms with E-state index in [1.807, 2.05) is 46.8 Å². The minimum Gasteiger partial charge on any atom is -0.493 e. The summed E-state index contributed by atoms with van der Waals surface area (Å²) in [6.45, 7) is 12.2. The number of nitrogens with zero attached hydrogens (tertiary/aromatic N) is 1. The Hall–Kier alpha value is -2.57. The first-order valence-electron chi connectivity index (χ1n) is 11.1. The average Bonchev–Trinajstić information content (AvgIpc) is 2.78. The van der Waals surface area contributed by atoms with Gasteiger partial charge in [-0.2, -0.15) is 0 Å². The van der Waals surface area contributed by atoms with Gasteiger partial charge in [-0.25, -0.2) is 0 Å². The second-order valence-electron chi connectivity index (χ2n) is 9.00. The summed E-state index contributed by atoms with van der Waals surface area (Å²) in [5.41, 5.74) is 9.77. The van der Waals surface area contributed by atoms with Crippen molar-refractivity contribution < 1.29 is 18.9 Å². The fourth-order valence-corrected chi connectivity index (χ4v) is 3.26. The summed E-state index contributed by atoms with van der Waals surface area (Å²) in [5.74, 6) is 1.43. The van der Waals surface area contributed by atoms with Crippen LogP contribution >= 0.6 is 0 Å². The molecule has 0 fully saturated rings. The lowest BCUT2D eigenvalue weighted by Crippen LogP contribution is -2.48. The van der Waals surface area contributed by atoms with Crippen molar-refractivity contribution in [3.05, 3.63) is 58.7 Å². The van der Waals surface area contributed by atoms with Crippen molar-refractivity contribution in [2.45, 2.75) is 65.2 Å². The Labute approximate surface area is 200 Å². The largest absolute Gasteiger partial charge is 0.493 e. The maximum atomic E-state index is 5.58. The molecule has 6 heteroatoms. The fourth-order valence-electron chi connectivity index (χ4n) is 3.26. The van der Waals surface area contributed by atoms with E-state index in [1.54, 1.807) is 28.4 Å². The number of benzene rings is 2. The first-order chi connectivity index (χ1) is 15.5. The predicted molar refractivity (Wildman–Crippen MR) is 137 cm³/mol. The van der Waals surface area contributed by atoms with E-state index in [-0.39, 0.29) is 17.2 Å². The van der Waals surface area contributed by atoms with Crippen LogP contribution in [0.2, 0.25) is 0 Å². The molecule has 184 valence electrons. The zero-order valence-electron chi connectivity index (χ0n) is 22.0. The molecule has 0 bridgehead atoms. The number of ether oxygens (including phenoxy) is 4. The molecule has 0 spiro atoms. The molecule has 0 heterocycles. The summed E-state index contributed by atoms with van der Waals surface area (Å²) in [4.78, 5) is 4.47. The normalized spacial score (nSPS) is 12.8. The van der Waals surface area contributed by atoms with Crippen molar-refractivity contribution in [2.24, 2.45) is 10.7 Å². The molecule has 0 aliphatic carbocycles. The fraction of sp³-hybridized carbons (Fsp3) is 0.519. The Morgan fingerprint density at radius 3 is 1.88 bits per heavy atom. The van der Waals surface area contributed by atoms with E-state index in [0.717, 1.165) is 23.3 Å². The highest BCUT2D eigenvalue weighted by atomic mass is 16.5. The zero-order chi connectivity index (χ0) is 25.2. The Bertz CT molecular complexity index is 893. The molecule has 0 aliphatic heterocycles. The second-order valence-corrected chi connectivity index (χ2v) is 9.00. The molecule has 1 atom stereocenters. The van der Waals surface area contributed by atoms with Crippen LogP contribution in [-0.2, 0) is 15.9 Å². The van der Waals surface area contributed by atoms with E-state index in [1.165, 1.54) is 17.5 Å². The van der Waals surface area contributed by atoms with Crippen LogP contribution in [0.1, 0.15) is 56.0 Å². The number of nitrogens with two attached hydrogens (primary N) is 1. The first-order valence-corrected chi connectivity index (χ1v) is 11.1. The van der Waals surface area contributed by atoms with E-state index < -0.39 is 0 Å². The average molecular weight is 459 g/mol. The Morgan fingerprint density at radius 2 is 1.42 bits per heavy atom. The highest BCUT2D eigenvalue weighted by molar-refractivity contribution is 5.54. The van der Waals surface area contributed by atoms with Crippen molar-refractivity contribution in [1.82, 2.24) is 0 Å². The number of hydrogen-bond donors (Lipinski definition) is 1. The lowest BCUT2D eigenvalue weighted by atomic mass is 9.89. The molecule has 0 saturated heterocycles. The van der Waals surface area contributed by atoms with E-state index in [4.69, 9.17) is 24.7 Å². The first kappa shape index (κ1) is 28.5.